The number of ether oxygens (including phenoxy) is 1. The Morgan fingerprint density at radius 1 is 1.21 bits per heavy atom. The lowest BCUT2D eigenvalue weighted by atomic mass is 10.1. The SMILES string of the molecule is COc1ccc2c(CC(=O)NCc3ccnc(-n4ccnc4C)c3)coc2c1. The van der Waals surface area contributed by atoms with Gasteiger partial charge in [-0.3, -0.25) is 9.36 Å². The summed E-state index contributed by atoms with van der Waals surface area (Å²) in [6.45, 7) is 2.34. The van der Waals surface area contributed by atoms with Crippen LogP contribution in [0.5, 0.6) is 5.75 Å². The van der Waals surface area contributed by atoms with Crippen LogP contribution in [0.2, 0.25) is 0 Å². The first-order valence-corrected chi connectivity index (χ1v) is 8.90. The van der Waals surface area contributed by atoms with E-state index >= 15 is 0 Å². The van der Waals surface area contributed by atoms with Gasteiger partial charge in [0.25, 0.3) is 0 Å². The van der Waals surface area contributed by atoms with Crippen molar-refractivity contribution in [1.82, 2.24) is 19.9 Å². The summed E-state index contributed by atoms with van der Waals surface area (Å²) >= 11 is 0. The van der Waals surface area contributed by atoms with Crippen molar-refractivity contribution >= 4 is 16.9 Å². The highest BCUT2D eigenvalue weighted by Crippen LogP contribution is 2.25. The van der Waals surface area contributed by atoms with Gasteiger partial charge < -0.3 is 14.5 Å². The molecule has 0 atom stereocenters. The second-order valence-electron chi connectivity index (χ2n) is 6.44. The summed E-state index contributed by atoms with van der Waals surface area (Å²) in [6, 6.07) is 9.40. The van der Waals surface area contributed by atoms with Crippen molar-refractivity contribution in [2.24, 2.45) is 0 Å². The highest BCUT2D eigenvalue weighted by Gasteiger charge is 2.11. The van der Waals surface area contributed by atoms with Crippen molar-refractivity contribution in [1.29, 1.82) is 0 Å². The molecule has 1 N–H and O–H groups in total. The van der Waals surface area contributed by atoms with Gasteiger partial charge in [0.15, 0.2) is 0 Å². The van der Waals surface area contributed by atoms with Gasteiger partial charge >= 0.3 is 0 Å². The number of aryl methyl sites for hydroxylation is 1. The number of methoxy groups -OCH3 is 1. The Morgan fingerprint density at radius 2 is 2.11 bits per heavy atom. The molecule has 0 aliphatic carbocycles. The lowest BCUT2D eigenvalue weighted by Gasteiger charge is -2.08. The first kappa shape index (κ1) is 17.8. The predicted molar refractivity (Wildman–Crippen MR) is 104 cm³/mol. The van der Waals surface area contributed by atoms with Gasteiger partial charge in [-0.15, -0.1) is 0 Å². The zero-order chi connectivity index (χ0) is 19.5. The quantitative estimate of drug-likeness (QED) is 0.559. The Kier molecular flexibility index (Phi) is 4.80. The van der Waals surface area contributed by atoms with E-state index in [1.54, 1.807) is 25.8 Å². The van der Waals surface area contributed by atoms with E-state index in [1.165, 1.54) is 0 Å². The molecule has 4 rings (SSSR count). The van der Waals surface area contributed by atoms with E-state index in [0.717, 1.165) is 33.9 Å². The number of furan rings is 1. The van der Waals surface area contributed by atoms with E-state index in [1.807, 2.05) is 48.0 Å². The van der Waals surface area contributed by atoms with Crippen LogP contribution in [0.4, 0.5) is 0 Å². The van der Waals surface area contributed by atoms with Crippen LogP contribution in [0.3, 0.4) is 0 Å². The average Bonchev–Trinajstić information content (AvgIpc) is 3.32. The van der Waals surface area contributed by atoms with Gasteiger partial charge in [-0.25, -0.2) is 9.97 Å². The maximum atomic E-state index is 12.4. The molecule has 1 aromatic carbocycles. The second-order valence-corrected chi connectivity index (χ2v) is 6.44. The summed E-state index contributed by atoms with van der Waals surface area (Å²) in [5.41, 5.74) is 2.52. The molecule has 142 valence electrons. The molecule has 1 amide bonds. The fourth-order valence-electron chi connectivity index (χ4n) is 3.09. The number of rotatable bonds is 6. The first-order chi connectivity index (χ1) is 13.6. The molecule has 0 aliphatic heterocycles. The van der Waals surface area contributed by atoms with Crippen LogP contribution in [0.15, 0.2) is 59.6 Å². The third-order valence-electron chi connectivity index (χ3n) is 4.59. The Bertz CT molecular complexity index is 1130. The minimum atomic E-state index is -0.0734. The summed E-state index contributed by atoms with van der Waals surface area (Å²) < 4.78 is 12.6. The van der Waals surface area contributed by atoms with Crippen LogP contribution in [0.1, 0.15) is 17.0 Å². The van der Waals surface area contributed by atoms with Crippen molar-refractivity contribution in [2.75, 3.05) is 7.11 Å². The molecule has 0 unspecified atom stereocenters. The fourth-order valence-corrected chi connectivity index (χ4v) is 3.09. The molecule has 0 saturated carbocycles. The number of nitrogens with one attached hydrogen (secondary N) is 1. The molecule has 0 aliphatic rings. The van der Waals surface area contributed by atoms with Crippen molar-refractivity contribution in [3.63, 3.8) is 0 Å². The number of carbonyl (C=O) groups excluding carboxylic acids is 1. The zero-order valence-corrected chi connectivity index (χ0v) is 15.7. The predicted octanol–water partition coefficient (Wildman–Crippen LogP) is 3.19. The van der Waals surface area contributed by atoms with Crippen LogP contribution in [-0.4, -0.2) is 27.6 Å². The molecule has 0 radical (unpaired) electrons. The highest BCUT2D eigenvalue weighted by molar-refractivity contribution is 5.88. The summed E-state index contributed by atoms with van der Waals surface area (Å²) in [7, 11) is 1.61. The third kappa shape index (κ3) is 3.59. The van der Waals surface area contributed by atoms with Crippen molar-refractivity contribution in [2.45, 2.75) is 19.9 Å². The molecular formula is C21H20N4O3. The Balaban J connectivity index is 1.42. The van der Waals surface area contributed by atoms with E-state index in [0.29, 0.717) is 12.1 Å². The number of hydrogen-bond acceptors (Lipinski definition) is 5. The summed E-state index contributed by atoms with van der Waals surface area (Å²) in [5.74, 6) is 2.28. The lowest BCUT2D eigenvalue weighted by molar-refractivity contribution is -0.120. The Morgan fingerprint density at radius 3 is 2.89 bits per heavy atom. The normalized spacial score (nSPS) is 10.9. The van der Waals surface area contributed by atoms with E-state index < -0.39 is 0 Å². The largest absolute Gasteiger partial charge is 0.497 e. The lowest BCUT2D eigenvalue weighted by Crippen LogP contribution is -2.24. The zero-order valence-electron chi connectivity index (χ0n) is 15.7. The standard InChI is InChI=1S/C21H20N4O3/c1-14-22-7-8-25(14)20-9-15(5-6-23-20)12-24-21(26)10-16-13-28-19-11-17(27-2)3-4-18(16)19/h3-9,11,13H,10,12H2,1-2H3,(H,24,26). The first-order valence-electron chi connectivity index (χ1n) is 8.90. The number of amides is 1. The van der Waals surface area contributed by atoms with Crippen LogP contribution >= 0.6 is 0 Å². The van der Waals surface area contributed by atoms with Crippen LogP contribution in [0.25, 0.3) is 16.8 Å². The number of nitrogens with zero attached hydrogens (tertiary/aromatic N) is 3. The molecule has 0 saturated heterocycles. The average molecular weight is 376 g/mol. The van der Waals surface area contributed by atoms with E-state index in [2.05, 4.69) is 15.3 Å². The maximum absolute atomic E-state index is 12.4. The molecule has 4 aromatic rings. The molecule has 0 bridgehead atoms. The molecule has 28 heavy (non-hydrogen) atoms. The molecular weight excluding hydrogens is 356 g/mol. The minimum Gasteiger partial charge on any atom is -0.497 e. The highest BCUT2D eigenvalue weighted by atomic mass is 16.5. The number of pyridine rings is 1. The number of hydrogen-bond donors (Lipinski definition) is 1. The van der Waals surface area contributed by atoms with Crippen LogP contribution < -0.4 is 10.1 Å². The maximum Gasteiger partial charge on any atom is 0.224 e. The fraction of sp³-hybridized carbons (Fsp3) is 0.190. The van der Waals surface area contributed by atoms with Crippen LogP contribution in [0, 0.1) is 6.92 Å². The number of fused-ring (bicyclic) bond motifs is 1. The van der Waals surface area contributed by atoms with Gasteiger partial charge in [-0.05, 0) is 36.8 Å². The van der Waals surface area contributed by atoms with Crippen molar-refractivity contribution in [3.8, 4) is 11.6 Å². The van der Waals surface area contributed by atoms with Gasteiger partial charge in [-0.1, -0.05) is 0 Å². The second kappa shape index (κ2) is 7.56. The van der Waals surface area contributed by atoms with Crippen molar-refractivity contribution in [3.05, 3.63) is 72.1 Å². The molecule has 7 heteroatoms. The molecule has 0 spiro atoms. The summed E-state index contributed by atoms with van der Waals surface area (Å²) in [4.78, 5) is 21.0. The molecule has 3 aromatic heterocycles. The van der Waals surface area contributed by atoms with Gasteiger partial charge in [0.1, 0.15) is 23.0 Å². The monoisotopic (exact) mass is 376 g/mol. The topological polar surface area (TPSA) is 82.2 Å². The Labute approximate surface area is 162 Å². The van der Waals surface area contributed by atoms with Gasteiger partial charge in [0, 0.05) is 42.2 Å². The van der Waals surface area contributed by atoms with Crippen LogP contribution in [-0.2, 0) is 17.8 Å². The minimum absolute atomic E-state index is 0.0734. The smallest absolute Gasteiger partial charge is 0.224 e. The third-order valence-corrected chi connectivity index (χ3v) is 4.59. The van der Waals surface area contributed by atoms with E-state index in [4.69, 9.17) is 9.15 Å². The number of benzene rings is 1. The summed E-state index contributed by atoms with van der Waals surface area (Å²) in [5, 5.41) is 3.87. The number of carbonyl (C=O) groups is 1. The molecule has 3 heterocycles. The number of imidazole rings is 1. The summed E-state index contributed by atoms with van der Waals surface area (Å²) in [6.07, 6.45) is 7.19. The van der Waals surface area contributed by atoms with Gasteiger partial charge in [0.05, 0.1) is 19.8 Å². The van der Waals surface area contributed by atoms with Gasteiger partial charge in [-0.2, -0.15) is 0 Å². The number of aromatic nitrogens is 3. The van der Waals surface area contributed by atoms with E-state index in [-0.39, 0.29) is 12.3 Å². The van der Waals surface area contributed by atoms with Gasteiger partial charge in [0.2, 0.25) is 5.91 Å². The van der Waals surface area contributed by atoms with Crippen molar-refractivity contribution < 1.29 is 13.9 Å². The molecule has 7 nitrogen and oxygen atoms in total. The van der Waals surface area contributed by atoms with E-state index in [9.17, 15) is 4.79 Å². The Hall–Kier alpha value is -3.61. The molecule has 0 fully saturated rings.